The summed E-state index contributed by atoms with van der Waals surface area (Å²) in [6.45, 7) is 19.9. The summed E-state index contributed by atoms with van der Waals surface area (Å²) in [5, 5.41) is 1.61. The number of halogens is 3. The van der Waals surface area contributed by atoms with Gasteiger partial charge in [0.25, 0.3) is 5.91 Å². The van der Waals surface area contributed by atoms with E-state index < -0.39 is 23.6 Å². The maximum absolute atomic E-state index is 14.6. The van der Waals surface area contributed by atoms with Crippen molar-refractivity contribution in [2.45, 2.75) is 51.2 Å². The maximum atomic E-state index is 14.6. The molecule has 5 heterocycles. The molecule has 48 heavy (non-hydrogen) atoms. The number of carbonyl (C=O) groups excluding carboxylic acids is 1. The van der Waals surface area contributed by atoms with Crippen LogP contribution in [0.1, 0.15) is 37.9 Å². The second-order valence-electron chi connectivity index (χ2n) is 14.0. The third-order valence-electron chi connectivity index (χ3n) is 10.5. The van der Waals surface area contributed by atoms with E-state index >= 15 is 0 Å². The summed E-state index contributed by atoms with van der Waals surface area (Å²) in [6, 6.07) is 8.72. The normalized spacial score (nSPS) is 25.6. The van der Waals surface area contributed by atoms with Crippen LogP contribution in [-0.2, 0) is 17.8 Å². The molecule has 3 fully saturated rings. The lowest BCUT2D eigenvalue weighted by molar-refractivity contribution is -0.131. The Labute approximate surface area is 284 Å². The number of aromatic nitrogens is 2. The minimum atomic E-state index is -1.03. The molecular formula is C36H40ClF2N7O2. The quantitative estimate of drug-likeness (QED) is 0.228. The monoisotopic (exact) mass is 675 g/mol. The average Bonchev–Trinajstić information content (AvgIpc) is 3.54. The predicted molar refractivity (Wildman–Crippen MR) is 182 cm³/mol. The van der Waals surface area contributed by atoms with Crippen LogP contribution in [0.2, 0.25) is 5.02 Å². The minimum absolute atomic E-state index is 0.0348. The Morgan fingerprint density at radius 1 is 1.10 bits per heavy atom. The molecule has 2 unspecified atom stereocenters. The molecule has 0 N–H and O–H groups in total. The molecule has 3 atom stereocenters. The first-order valence-electron chi connectivity index (χ1n) is 16.7. The van der Waals surface area contributed by atoms with E-state index in [1.807, 2.05) is 18.2 Å². The second-order valence-corrected chi connectivity index (χ2v) is 14.4. The van der Waals surface area contributed by atoms with Crippen molar-refractivity contribution in [3.63, 3.8) is 0 Å². The zero-order valence-electron chi connectivity index (χ0n) is 27.4. The van der Waals surface area contributed by atoms with E-state index in [1.165, 1.54) is 11.0 Å². The largest absolute Gasteiger partial charge is 0.461 e. The van der Waals surface area contributed by atoms with Crippen molar-refractivity contribution in [3.05, 3.63) is 76.3 Å². The van der Waals surface area contributed by atoms with Crippen molar-refractivity contribution in [1.29, 1.82) is 0 Å². The standard InChI is InChI=1S/C36H40ClF2N7O2/c1-22-14-36(15-23(2)18-45(36)17-22)21-48-35-41-29-20-43(30-7-5-6-25-8-9-28(39)32(37)31(25)30)11-10-27(29)33(42-35)44-12-13-46(34(47)24(3)38)26(19-44)16-40-4/h5-9,22-23,26H,3,10-21H2,1-2H3/t22?,23?,26-,36?/m0/s1. The van der Waals surface area contributed by atoms with Crippen LogP contribution in [0.25, 0.3) is 15.6 Å². The zero-order valence-corrected chi connectivity index (χ0v) is 28.1. The van der Waals surface area contributed by atoms with Crippen LogP contribution in [0.4, 0.5) is 20.3 Å². The van der Waals surface area contributed by atoms with Gasteiger partial charge in [-0.3, -0.25) is 9.69 Å². The van der Waals surface area contributed by atoms with Gasteiger partial charge in [-0.2, -0.15) is 9.97 Å². The van der Waals surface area contributed by atoms with Gasteiger partial charge in [-0.25, -0.2) is 15.4 Å². The number of nitrogens with zero attached hydrogens (tertiary/aromatic N) is 7. The van der Waals surface area contributed by atoms with Gasteiger partial charge < -0.3 is 24.3 Å². The lowest BCUT2D eigenvalue weighted by Gasteiger charge is -2.41. The molecule has 4 aliphatic heterocycles. The highest BCUT2D eigenvalue weighted by atomic mass is 35.5. The highest BCUT2D eigenvalue weighted by molar-refractivity contribution is 6.36. The fourth-order valence-electron chi connectivity index (χ4n) is 8.60. The third-order valence-corrected chi connectivity index (χ3v) is 10.9. The van der Waals surface area contributed by atoms with Crippen LogP contribution in [0.15, 0.2) is 42.7 Å². The Morgan fingerprint density at radius 2 is 1.88 bits per heavy atom. The number of carbonyl (C=O) groups is 1. The number of piperazine rings is 1. The molecule has 12 heteroatoms. The number of hydrogen-bond acceptors (Lipinski definition) is 7. The van der Waals surface area contributed by atoms with E-state index in [0.717, 1.165) is 48.3 Å². The topological polar surface area (TPSA) is 69.4 Å². The molecule has 3 aromatic rings. The molecule has 1 amide bonds. The Morgan fingerprint density at radius 3 is 2.60 bits per heavy atom. The lowest BCUT2D eigenvalue weighted by Crippen LogP contribution is -2.57. The second kappa shape index (κ2) is 12.8. The molecule has 9 nitrogen and oxygen atoms in total. The summed E-state index contributed by atoms with van der Waals surface area (Å²) >= 11 is 6.53. The van der Waals surface area contributed by atoms with Crippen LogP contribution >= 0.6 is 11.6 Å². The van der Waals surface area contributed by atoms with Crippen LogP contribution < -0.4 is 14.5 Å². The summed E-state index contributed by atoms with van der Waals surface area (Å²) in [5.41, 5.74) is 2.55. The number of fused-ring (bicyclic) bond motifs is 3. The van der Waals surface area contributed by atoms with Crippen LogP contribution in [0.3, 0.4) is 0 Å². The van der Waals surface area contributed by atoms with E-state index in [0.29, 0.717) is 68.3 Å². The van der Waals surface area contributed by atoms with E-state index in [1.54, 1.807) is 6.07 Å². The highest BCUT2D eigenvalue weighted by Crippen LogP contribution is 2.44. The van der Waals surface area contributed by atoms with Gasteiger partial charge >= 0.3 is 6.01 Å². The van der Waals surface area contributed by atoms with Gasteiger partial charge in [0.15, 0.2) is 5.83 Å². The van der Waals surface area contributed by atoms with E-state index in [9.17, 15) is 13.6 Å². The molecule has 7 rings (SSSR count). The lowest BCUT2D eigenvalue weighted by atomic mass is 9.88. The van der Waals surface area contributed by atoms with Crippen LogP contribution in [0, 0.1) is 24.2 Å². The number of ether oxygens (including phenoxy) is 1. The van der Waals surface area contributed by atoms with Gasteiger partial charge in [-0.15, -0.1) is 0 Å². The first-order chi connectivity index (χ1) is 23.1. The van der Waals surface area contributed by atoms with Gasteiger partial charge in [0.05, 0.1) is 22.8 Å². The van der Waals surface area contributed by atoms with Crippen LogP contribution in [0.5, 0.6) is 6.01 Å². The fraction of sp³-hybridized carbons (Fsp3) is 0.500. The fourth-order valence-corrected chi connectivity index (χ4v) is 8.87. The van der Waals surface area contributed by atoms with E-state index in [-0.39, 0.29) is 23.7 Å². The van der Waals surface area contributed by atoms with Crippen molar-refractivity contribution in [3.8, 4) is 6.01 Å². The average molecular weight is 676 g/mol. The number of rotatable bonds is 7. The van der Waals surface area contributed by atoms with E-state index in [4.69, 9.17) is 32.9 Å². The van der Waals surface area contributed by atoms with Gasteiger partial charge in [0, 0.05) is 55.9 Å². The zero-order chi connectivity index (χ0) is 33.7. The molecule has 1 aromatic heterocycles. The van der Waals surface area contributed by atoms with Crippen molar-refractivity contribution in [2.24, 2.45) is 11.8 Å². The summed E-state index contributed by atoms with van der Waals surface area (Å²) < 4.78 is 35.1. The SMILES string of the molecule is [C-]#[N+]C[C@H]1CN(c2nc(OCC34CC(C)CN3CC(C)C4)nc3c2CCN(c2cccc4ccc(F)c(Cl)c24)C3)CCN1C(=O)C(=C)F. The Balaban J connectivity index is 1.24. The molecule has 252 valence electrons. The highest BCUT2D eigenvalue weighted by Gasteiger charge is 2.50. The van der Waals surface area contributed by atoms with Gasteiger partial charge in [-0.05, 0) is 48.6 Å². The Kier molecular flexibility index (Phi) is 8.67. The molecule has 0 bridgehead atoms. The summed E-state index contributed by atoms with van der Waals surface area (Å²) in [4.78, 5) is 34.4. The van der Waals surface area contributed by atoms with Crippen LogP contribution in [-0.4, -0.2) is 89.7 Å². The number of anilines is 2. The number of hydrogen-bond donors (Lipinski definition) is 0. The number of benzene rings is 2. The number of amides is 1. The molecule has 2 aromatic carbocycles. The van der Waals surface area contributed by atoms with Crippen molar-refractivity contribution >= 4 is 39.8 Å². The maximum Gasteiger partial charge on any atom is 0.318 e. The van der Waals surface area contributed by atoms with Crippen molar-refractivity contribution in [1.82, 2.24) is 19.8 Å². The third kappa shape index (κ3) is 5.83. The molecule has 3 saturated heterocycles. The summed E-state index contributed by atoms with van der Waals surface area (Å²) in [5.74, 6) is -0.382. The minimum Gasteiger partial charge on any atom is -0.461 e. The molecular weight excluding hydrogens is 636 g/mol. The van der Waals surface area contributed by atoms with Gasteiger partial charge in [0.1, 0.15) is 24.3 Å². The summed E-state index contributed by atoms with van der Waals surface area (Å²) in [6.07, 6.45) is 2.74. The smallest absolute Gasteiger partial charge is 0.318 e. The van der Waals surface area contributed by atoms with E-state index in [2.05, 4.69) is 40.0 Å². The molecule has 0 radical (unpaired) electrons. The van der Waals surface area contributed by atoms with Gasteiger partial charge in [0.2, 0.25) is 6.54 Å². The molecule has 4 aliphatic rings. The molecule has 0 saturated carbocycles. The molecule has 0 spiro atoms. The first-order valence-corrected chi connectivity index (χ1v) is 17.1. The first kappa shape index (κ1) is 32.5. The Hall–Kier alpha value is -4.01. The van der Waals surface area contributed by atoms with Gasteiger partial charge in [-0.1, -0.05) is 50.2 Å². The Bertz CT molecular complexity index is 1800. The van der Waals surface area contributed by atoms with Crippen molar-refractivity contribution < 1.29 is 18.3 Å². The summed E-state index contributed by atoms with van der Waals surface area (Å²) in [7, 11) is 0. The van der Waals surface area contributed by atoms with Crippen molar-refractivity contribution in [2.75, 3.05) is 62.2 Å². The molecule has 0 aliphatic carbocycles. The predicted octanol–water partition coefficient (Wildman–Crippen LogP) is 5.90.